The molecule has 2 aliphatic carbocycles. The summed E-state index contributed by atoms with van der Waals surface area (Å²) in [5.74, 6) is 1.57. The molecule has 6 rings (SSSR count). The third-order valence-electron chi connectivity index (χ3n) is 8.86. The average molecular weight is 506 g/mol. The van der Waals surface area contributed by atoms with Crippen molar-refractivity contribution in [3.63, 3.8) is 0 Å². The van der Waals surface area contributed by atoms with Crippen LogP contribution in [0.3, 0.4) is 0 Å². The Balaban J connectivity index is 1.37. The molecule has 9 nitrogen and oxygen atoms in total. The number of pyridine rings is 1. The molecule has 3 heterocycles. The molecule has 0 bridgehead atoms. The second kappa shape index (κ2) is 10.9. The van der Waals surface area contributed by atoms with Crippen molar-refractivity contribution in [2.24, 2.45) is 0 Å². The maximum atomic E-state index is 13.6. The van der Waals surface area contributed by atoms with Gasteiger partial charge in [0.05, 0.1) is 13.2 Å². The number of H-pyrrole nitrogens is 1. The second-order valence-electron chi connectivity index (χ2n) is 11.0. The number of hydrogen-bond donors (Lipinski definition) is 1. The van der Waals surface area contributed by atoms with Crippen LogP contribution in [0.2, 0.25) is 0 Å². The minimum atomic E-state index is -0.287. The van der Waals surface area contributed by atoms with E-state index in [1.807, 2.05) is 28.9 Å². The lowest BCUT2D eigenvalue weighted by atomic mass is 9.93. The van der Waals surface area contributed by atoms with Gasteiger partial charge in [-0.2, -0.15) is 0 Å². The van der Waals surface area contributed by atoms with Crippen LogP contribution < -0.4 is 10.3 Å². The molecule has 1 saturated heterocycles. The van der Waals surface area contributed by atoms with Gasteiger partial charge in [-0.3, -0.25) is 14.6 Å². The number of hydrogen-bond acceptors (Lipinski definition) is 7. The summed E-state index contributed by atoms with van der Waals surface area (Å²) in [7, 11) is 1.67. The number of piperazine rings is 1. The van der Waals surface area contributed by atoms with Crippen LogP contribution in [0, 0.1) is 0 Å². The molecule has 37 heavy (non-hydrogen) atoms. The van der Waals surface area contributed by atoms with Gasteiger partial charge in [0.1, 0.15) is 11.8 Å². The highest BCUT2D eigenvalue weighted by Crippen LogP contribution is 2.34. The van der Waals surface area contributed by atoms with Crippen molar-refractivity contribution in [1.29, 1.82) is 0 Å². The molecule has 1 N–H and O–H groups in total. The predicted molar refractivity (Wildman–Crippen MR) is 143 cm³/mol. The van der Waals surface area contributed by atoms with Crippen LogP contribution in [0.25, 0.3) is 10.9 Å². The van der Waals surface area contributed by atoms with Gasteiger partial charge < -0.3 is 9.72 Å². The molecule has 2 saturated carbocycles. The van der Waals surface area contributed by atoms with Crippen LogP contribution >= 0.6 is 0 Å². The van der Waals surface area contributed by atoms with E-state index in [0.29, 0.717) is 17.6 Å². The Labute approximate surface area is 218 Å². The average Bonchev–Trinajstić information content (AvgIpc) is 3.44. The lowest BCUT2D eigenvalue weighted by molar-refractivity contribution is 0.0610. The lowest BCUT2D eigenvalue weighted by Crippen LogP contribution is -2.52. The highest BCUT2D eigenvalue weighted by atomic mass is 16.5. The van der Waals surface area contributed by atoms with Crippen molar-refractivity contribution < 1.29 is 4.74 Å². The first kappa shape index (κ1) is 24.6. The maximum absolute atomic E-state index is 13.6. The van der Waals surface area contributed by atoms with Crippen molar-refractivity contribution in [2.45, 2.75) is 82.3 Å². The van der Waals surface area contributed by atoms with Gasteiger partial charge in [0.2, 0.25) is 0 Å². The quantitative estimate of drug-likeness (QED) is 0.540. The molecule has 198 valence electrons. The molecule has 9 heteroatoms. The summed E-state index contributed by atoms with van der Waals surface area (Å²) in [6.07, 6.45) is 12.5. The van der Waals surface area contributed by atoms with Gasteiger partial charge in [0.25, 0.3) is 5.56 Å². The Hall–Kier alpha value is -2.78. The van der Waals surface area contributed by atoms with E-state index in [2.05, 4.69) is 30.3 Å². The van der Waals surface area contributed by atoms with Gasteiger partial charge in [-0.05, 0) is 60.4 Å². The number of aromatic amines is 1. The minimum absolute atomic E-state index is 0.0735. The standard InChI is InChI=1S/C28H39N7O2/c1-37-23-12-13-25-20(18-23)19-24(28(36)29-25)26(27-30-31-32-35(27)22-10-6-3-7-11-22)34-16-14-33(15-17-34)21-8-4-2-5-9-21/h12-13,18-19,21-22,26H,2-11,14-17H2,1H3,(H,29,36)/t26-/m0/s1. The van der Waals surface area contributed by atoms with Crippen LogP contribution in [0.4, 0.5) is 0 Å². The topological polar surface area (TPSA) is 92.2 Å². The number of nitrogens with zero attached hydrogens (tertiary/aromatic N) is 6. The molecule has 0 amide bonds. The van der Waals surface area contributed by atoms with Crippen molar-refractivity contribution in [1.82, 2.24) is 35.0 Å². The van der Waals surface area contributed by atoms with Crippen LogP contribution in [0.5, 0.6) is 5.75 Å². The smallest absolute Gasteiger partial charge is 0.253 e. The Morgan fingerprint density at radius 3 is 2.32 bits per heavy atom. The third-order valence-corrected chi connectivity index (χ3v) is 8.86. The van der Waals surface area contributed by atoms with Gasteiger partial charge in [-0.25, -0.2) is 4.68 Å². The highest BCUT2D eigenvalue weighted by molar-refractivity contribution is 5.80. The van der Waals surface area contributed by atoms with E-state index in [4.69, 9.17) is 4.74 Å². The van der Waals surface area contributed by atoms with Gasteiger partial charge in [0.15, 0.2) is 5.82 Å². The van der Waals surface area contributed by atoms with Crippen molar-refractivity contribution in [3.05, 3.63) is 46.0 Å². The first-order chi connectivity index (χ1) is 18.2. The van der Waals surface area contributed by atoms with Crippen molar-refractivity contribution >= 4 is 10.9 Å². The summed E-state index contributed by atoms with van der Waals surface area (Å²) >= 11 is 0. The van der Waals surface area contributed by atoms with E-state index in [9.17, 15) is 4.79 Å². The summed E-state index contributed by atoms with van der Waals surface area (Å²) in [5, 5.41) is 14.1. The van der Waals surface area contributed by atoms with E-state index in [1.165, 1.54) is 51.4 Å². The van der Waals surface area contributed by atoms with Crippen LogP contribution in [0.1, 0.15) is 87.7 Å². The molecule has 0 radical (unpaired) electrons. The Kier molecular flexibility index (Phi) is 7.24. The molecule has 3 fully saturated rings. The summed E-state index contributed by atoms with van der Waals surface area (Å²) in [6.45, 7) is 3.83. The lowest BCUT2D eigenvalue weighted by Gasteiger charge is -2.43. The van der Waals surface area contributed by atoms with Crippen LogP contribution in [-0.2, 0) is 0 Å². The summed E-state index contributed by atoms with van der Waals surface area (Å²) in [6, 6.07) is 8.51. The maximum Gasteiger partial charge on any atom is 0.253 e. The van der Waals surface area contributed by atoms with Gasteiger partial charge in [0, 0.05) is 48.7 Å². The zero-order valence-corrected chi connectivity index (χ0v) is 21.9. The van der Waals surface area contributed by atoms with Crippen LogP contribution in [0.15, 0.2) is 29.1 Å². The zero-order valence-electron chi connectivity index (χ0n) is 21.9. The molecular weight excluding hydrogens is 466 g/mol. The molecule has 1 aliphatic heterocycles. The van der Waals surface area contributed by atoms with Crippen LogP contribution in [-0.4, -0.2) is 74.3 Å². The fourth-order valence-corrected chi connectivity index (χ4v) is 6.80. The number of methoxy groups -OCH3 is 1. The van der Waals surface area contributed by atoms with E-state index in [0.717, 1.165) is 61.5 Å². The number of benzene rings is 1. The first-order valence-electron chi connectivity index (χ1n) is 14.2. The molecule has 3 aliphatic rings. The number of tetrazole rings is 1. The predicted octanol–water partition coefficient (Wildman–Crippen LogP) is 4.07. The summed E-state index contributed by atoms with van der Waals surface area (Å²) in [4.78, 5) is 21.8. The molecule has 1 atom stereocenters. The Morgan fingerprint density at radius 1 is 0.919 bits per heavy atom. The molecule has 0 spiro atoms. The molecule has 1 aromatic carbocycles. The molecular formula is C28H39N7O2. The fraction of sp³-hybridized carbons (Fsp3) is 0.643. The molecule has 2 aromatic heterocycles. The number of nitrogens with one attached hydrogen (secondary N) is 1. The van der Waals surface area contributed by atoms with Crippen molar-refractivity contribution in [3.8, 4) is 5.75 Å². The summed E-state index contributed by atoms with van der Waals surface area (Å²) in [5.41, 5.74) is 1.44. The number of rotatable bonds is 6. The number of aromatic nitrogens is 5. The third kappa shape index (κ3) is 5.03. The van der Waals surface area contributed by atoms with Crippen molar-refractivity contribution in [2.75, 3.05) is 33.3 Å². The number of ether oxygens (including phenoxy) is 1. The monoisotopic (exact) mass is 505 g/mol. The molecule has 0 unspecified atom stereocenters. The van der Waals surface area contributed by atoms with E-state index in [1.54, 1.807) is 7.11 Å². The van der Waals surface area contributed by atoms with Gasteiger partial charge >= 0.3 is 0 Å². The Morgan fingerprint density at radius 2 is 1.62 bits per heavy atom. The normalized spacial score (nSPS) is 21.9. The largest absolute Gasteiger partial charge is 0.497 e. The SMILES string of the molecule is COc1ccc2[nH]c(=O)c([C@@H](c3nnnn3C3CCCCC3)N3CCN(C4CCCCC4)CC3)cc2c1. The van der Waals surface area contributed by atoms with E-state index in [-0.39, 0.29) is 11.6 Å². The minimum Gasteiger partial charge on any atom is -0.497 e. The first-order valence-corrected chi connectivity index (χ1v) is 14.2. The van der Waals surface area contributed by atoms with E-state index < -0.39 is 0 Å². The van der Waals surface area contributed by atoms with E-state index >= 15 is 0 Å². The zero-order chi connectivity index (χ0) is 25.2. The highest BCUT2D eigenvalue weighted by Gasteiger charge is 2.35. The Bertz CT molecular complexity index is 1250. The summed E-state index contributed by atoms with van der Waals surface area (Å²) < 4.78 is 7.50. The van der Waals surface area contributed by atoms with Gasteiger partial charge in [-0.1, -0.05) is 38.5 Å². The van der Waals surface area contributed by atoms with Gasteiger partial charge in [-0.15, -0.1) is 5.10 Å². The fourth-order valence-electron chi connectivity index (χ4n) is 6.80. The number of fused-ring (bicyclic) bond motifs is 1. The molecule has 3 aromatic rings. The second-order valence-corrected chi connectivity index (χ2v) is 11.0.